The molecule has 0 unspecified atom stereocenters. The molecular formula is C32H47N5O4. The van der Waals surface area contributed by atoms with Gasteiger partial charge in [-0.15, -0.1) is 0 Å². The molecule has 0 aromatic heterocycles. The number of hydrogen-bond donors (Lipinski definition) is 2. The first-order chi connectivity index (χ1) is 18.9. The van der Waals surface area contributed by atoms with Crippen molar-refractivity contribution in [2.45, 2.75) is 105 Å². The summed E-state index contributed by atoms with van der Waals surface area (Å²) in [5.74, 6) is -1.07. The Labute approximate surface area is 245 Å². The highest BCUT2D eigenvalue weighted by atomic mass is 16.2. The molecule has 4 amide bonds. The third-order valence-corrected chi connectivity index (χ3v) is 8.18. The number of rotatable bonds is 8. The van der Waals surface area contributed by atoms with Crippen LogP contribution >= 0.6 is 0 Å². The highest BCUT2D eigenvalue weighted by molar-refractivity contribution is 6.07. The summed E-state index contributed by atoms with van der Waals surface area (Å²) in [7, 11) is 1.60. The van der Waals surface area contributed by atoms with Crippen LogP contribution in [0, 0.1) is 28.1 Å². The second-order valence-electron chi connectivity index (χ2n) is 14.4. The summed E-state index contributed by atoms with van der Waals surface area (Å²) in [5, 5.41) is 15.9. The quantitative estimate of drug-likeness (QED) is 0.488. The predicted molar refractivity (Wildman–Crippen MR) is 159 cm³/mol. The van der Waals surface area contributed by atoms with Crippen LogP contribution < -0.4 is 10.6 Å². The van der Waals surface area contributed by atoms with E-state index < -0.39 is 29.0 Å². The van der Waals surface area contributed by atoms with Crippen LogP contribution in [0.3, 0.4) is 0 Å². The van der Waals surface area contributed by atoms with Crippen molar-refractivity contribution in [3.63, 3.8) is 0 Å². The standard InChI is InChI=1S/C32H47N5O4/c1-20(2)16-25(36(9)26(38)24(14-15-30(3,4)5)35-28(40)31(6,7)8)27(39)37-19-32(17-21(37)18-33)22-12-10-11-13-23(22)34-29(32)41/h10-13,20-21,24-25H,14-17,19H2,1-9H3,(H,34,41)(H,35,40)/t21-,24-,25-,32-/m0/s1. The van der Waals surface area contributed by atoms with E-state index >= 15 is 0 Å². The number of likely N-dealkylation sites (tertiary alicyclic amines) is 1. The Morgan fingerprint density at radius 3 is 2.37 bits per heavy atom. The van der Waals surface area contributed by atoms with Crippen molar-refractivity contribution in [1.82, 2.24) is 15.1 Å². The monoisotopic (exact) mass is 565 g/mol. The first-order valence-corrected chi connectivity index (χ1v) is 14.6. The summed E-state index contributed by atoms with van der Waals surface area (Å²) in [4.78, 5) is 57.3. The molecule has 1 fully saturated rings. The summed E-state index contributed by atoms with van der Waals surface area (Å²) in [6.45, 7) is 15.7. The number of likely N-dealkylation sites (N-methyl/N-ethyl adjacent to an activating group) is 1. The van der Waals surface area contributed by atoms with Crippen LogP contribution in [0.2, 0.25) is 0 Å². The van der Waals surface area contributed by atoms with Gasteiger partial charge >= 0.3 is 0 Å². The predicted octanol–water partition coefficient (Wildman–Crippen LogP) is 4.23. The molecular weight excluding hydrogens is 518 g/mol. The van der Waals surface area contributed by atoms with Gasteiger partial charge in [-0.1, -0.05) is 73.6 Å². The number of benzene rings is 1. The van der Waals surface area contributed by atoms with Gasteiger partial charge in [0.05, 0.1) is 11.5 Å². The number of amides is 4. The first kappa shape index (κ1) is 32.1. The fraction of sp³-hybridized carbons (Fsp3) is 0.656. The fourth-order valence-electron chi connectivity index (χ4n) is 5.66. The summed E-state index contributed by atoms with van der Waals surface area (Å²) in [6, 6.07) is 7.17. The van der Waals surface area contributed by atoms with E-state index in [0.717, 1.165) is 5.56 Å². The average Bonchev–Trinajstić information content (AvgIpc) is 3.40. The lowest BCUT2D eigenvalue weighted by Crippen LogP contribution is -2.57. The van der Waals surface area contributed by atoms with Gasteiger partial charge in [-0.25, -0.2) is 0 Å². The van der Waals surface area contributed by atoms with Crippen molar-refractivity contribution in [2.24, 2.45) is 16.7 Å². The number of hydrogen-bond acceptors (Lipinski definition) is 5. The van der Waals surface area contributed by atoms with Crippen LogP contribution in [0.1, 0.15) is 86.6 Å². The maximum atomic E-state index is 14.2. The molecule has 2 aliphatic rings. The van der Waals surface area contributed by atoms with Crippen molar-refractivity contribution < 1.29 is 19.2 Å². The van der Waals surface area contributed by atoms with Crippen LogP contribution in [-0.4, -0.2) is 65.1 Å². The molecule has 4 atom stereocenters. The molecule has 0 aliphatic carbocycles. The number of fused-ring (bicyclic) bond motifs is 2. The zero-order valence-electron chi connectivity index (χ0n) is 26.1. The molecule has 3 rings (SSSR count). The summed E-state index contributed by atoms with van der Waals surface area (Å²) < 4.78 is 0. The molecule has 224 valence electrons. The van der Waals surface area contributed by atoms with Gasteiger partial charge in [-0.3, -0.25) is 19.2 Å². The van der Waals surface area contributed by atoms with Crippen LogP contribution in [0.4, 0.5) is 5.69 Å². The maximum Gasteiger partial charge on any atom is 0.246 e. The molecule has 9 heteroatoms. The number of para-hydroxylation sites is 1. The molecule has 1 saturated heterocycles. The van der Waals surface area contributed by atoms with Crippen molar-refractivity contribution in [2.75, 3.05) is 18.9 Å². The Morgan fingerprint density at radius 1 is 1.17 bits per heavy atom. The third-order valence-electron chi connectivity index (χ3n) is 8.18. The van der Waals surface area contributed by atoms with Gasteiger partial charge in [0.25, 0.3) is 0 Å². The Morgan fingerprint density at radius 2 is 1.80 bits per heavy atom. The van der Waals surface area contributed by atoms with E-state index in [9.17, 15) is 24.4 Å². The third kappa shape index (κ3) is 6.91. The van der Waals surface area contributed by atoms with E-state index in [1.807, 2.05) is 38.1 Å². The molecule has 2 heterocycles. The Kier molecular flexibility index (Phi) is 9.27. The van der Waals surface area contributed by atoms with Crippen LogP contribution in [0.25, 0.3) is 0 Å². The Balaban J connectivity index is 1.93. The molecule has 1 spiro atoms. The number of nitrogens with one attached hydrogen (secondary N) is 2. The molecule has 2 aliphatic heterocycles. The highest BCUT2D eigenvalue weighted by Crippen LogP contribution is 2.46. The van der Waals surface area contributed by atoms with E-state index in [1.165, 1.54) is 9.80 Å². The van der Waals surface area contributed by atoms with E-state index in [4.69, 9.17) is 0 Å². The first-order valence-electron chi connectivity index (χ1n) is 14.6. The number of carbonyl (C=O) groups is 4. The van der Waals surface area contributed by atoms with Crippen molar-refractivity contribution in [3.8, 4) is 6.07 Å². The number of carbonyl (C=O) groups excluding carboxylic acids is 4. The second kappa shape index (κ2) is 11.8. The molecule has 41 heavy (non-hydrogen) atoms. The largest absolute Gasteiger partial charge is 0.344 e. The molecule has 1 aromatic carbocycles. The van der Waals surface area contributed by atoms with Crippen LogP contribution in [0.5, 0.6) is 0 Å². The zero-order chi connectivity index (χ0) is 30.9. The lowest BCUT2D eigenvalue weighted by atomic mass is 9.80. The van der Waals surface area contributed by atoms with Gasteiger partial charge in [0.2, 0.25) is 23.6 Å². The molecule has 0 bridgehead atoms. The SMILES string of the molecule is CC(C)C[C@@H](C(=O)N1C[C@]2(C[C@H]1C#N)C(=O)Nc1ccccc12)N(C)C(=O)[C@H](CCC(C)(C)C)NC(=O)C(C)(C)C. The number of anilines is 1. The second-order valence-corrected chi connectivity index (χ2v) is 14.4. The van der Waals surface area contributed by atoms with Gasteiger partial charge in [0.15, 0.2) is 0 Å². The van der Waals surface area contributed by atoms with Gasteiger partial charge in [-0.05, 0) is 42.2 Å². The van der Waals surface area contributed by atoms with Crippen molar-refractivity contribution in [3.05, 3.63) is 29.8 Å². The van der Waals surface area contributed by atoms with Crippen LogP contribution in [0.15, 0.2) is 24.3 Å². The minimum absolute atomic E-state index is 0.0568. The minimum Gasteiger partial charge on any atom is -0.344 e. The van der Waals surface area contributed by atoms with Crippen molar-refractivity contribution in [1.29, 1.82) is 5.26 Å². The van der Waals surface area contributed by atoms with Crippen molar-refractivity contribution >= 4 is 29.3 Å². The minimum atomic E-state index is -1.01. The molecule has 0 saturated carbocycles. The zero-order valence-corrected chi connectivity index (χ0v) is 26.1. The number of nitriles is 1. The normalized spacial score (nSPS) is 21.7. The van der Waals surface area contributed by atoms with E-state index in [2.05, 4.69) is 37.5 Å². The Hall–Kier alpha value is -3.41. The number of nitrogens with zero attached hydrogens (tertiary/aromatic N) is 3. The molecule has 1 aromatic rings. The molecule has 2 N–H and O–H groups in total. The van der Waals surface area contributed by atoms with E-state index in [-0.39, 0.29) is 47.9 Å². The van der Waals surface area contributed by atoms with E-state index in [1.54, 1.807) is 27.8 Å². The lowest BCUT2D eigenvalue weighted by Gasteiger charge is -2.36. The highest BCUT2D eigenvalue weighted by Gasteiger charge is 2.56. The van der Waals surface area contributed by atoms with Gasteiger partial charge in [0, 0.05) is 31.1 Å². The Bertz CT molecular complexity index is 1220. The van der Waals surface area contributed by atoms with E-state index in [0.29, 0.717) is 24.9 Å². The summed E-state index contributed by atoms with van der Waals surface area (Å²) in [6.07, 6.45) is 1.70. The lowest BCUT2D eigenvalue weighted by molar-refractivity contribution is -0.147. The maximum absolute atomic E-state index is 14.2. The average molecular weight is 566 g/mol. The summed E-state index contributed by atoms with van der Waals surface area (Å²) in [5.41, 5.74) is -0.261. The topological polar surface area (TPSA) is 123 Å². The molecule has 0 radical (unpaired) electrons. The summed E-state index contributed by atoms with van der Waals surface area (Å²) >= 11 is 0. The van der Waals surface area contributed by atoms with Gasteiger partial charge in [0.1, 0.15) is 18.1 Å². The van der Waals surface area contributed by atoms with Crippen LogP contribution in [-0.2, 0) is 24.6 Å². The van der Waals surface area contributed by atoms with Gasteiger partial charge < -0.3 is 20.4 Å². The fourth-order valence-corrected chi connectivity index (χ4v) is 5.66. The molecule has 9 nitrogen and oxygen atoms in total. The van der Waals surface area contributed by atoms with Gasteiger partial charge in [-0.2, -0.15) is 5.26 Å². The smallest absolute Gasteiger partial charge is 0.246 e.